The average Bonchev–Trinajstić information content (AvgIpc) is 2.52. The van der Waals surface area contributed by atoms with E-state index in [1.807, 2.05) is 38.2 Å². The number of unbranched alkanes of at least 4 members (excludes halogenated alkanes) is 1. The van der Waals surface area contributed by atoms with Crippen molar-refractivity contribution in [2.24, 2.45) is 0 Å². The first-order valence-electron chi connectivity index (χ1n) is 7.47. The number of benzene rings is 1. The van der Waals surface area contributed by atoms with Crippen LogP contribution in [0.4, 0.5) is 17.5 Å². The van der Waals surface area contributed by atoms with E-state index < -0.39 is 0 Å². The number of nitrogens with one attached hydrogen (secondary N) is 1. The second-order valence-electron chi connectivity index (χ2n) is 5.25. The lowest BCUT2D eigenvalue weighted by atomic mass is 10.2. The Kier molecular flexibility index (Phi) is 5.31. The fraction of sp³-hybridized carbons (Fsp3) is 0.353. The Morgan fingerprint density at radius 2 is 2.05 bits per heavy atom. The van der Waals surface area contributed by atoms with Crippen LogP contribution in [0.25, 0.3) is 0 Å². The van der Waals surface area contributed by atoms with Crippen molar-refractivity contribution in [3.05, 3.63) is 41.6 Å². The minimum absolute atomic E-state index is 0.597. The summed E-state index contributed by atoms with van der Waals surface area (Å²) >= 11 is 0. The summed E-state index contributed by atoms with van der Waals surface area (Å²) in [6.07, 6.45) is 2.24. The van der Waals surface area contributed by atoms with Crippen molar-refractivity contribution in [1.29, 1.82) is 5.26 Å². The van der Waals surface area contributed by atoms with Gasteiger partial charge in [-0.2, -0.15) is 10.2 Å². The average molecular weight is 295 g/mol. The Morgan fingerprint density at radius 3 is 2.77 bits per heavy atom. The molecule has 1 N–H and O–H groups in total. The van der Waals surface area contributed by atoms with Gasteiger partial charge in [-0.3, -0.25) is 0 Å². The highest BCUT2D eigenvalue weighted by molar-refractivity contribution is 5.65. The number of rotatable bonds is 6. The van der Waals surface area contributed by atoms with Crippen molar-refractivity contribution in [2.45, 2.75) is 26.7 Å². The molecule has 1 aromatic heterocycles. The van der Waals surface area contributed by atoms with Crippen molar-refractivity contribution < 1.29 is 0 Å². The Hall–Kier alpha value is -2.61. The third kappa shape index (κ3) is 3.95. The minimum Gasteiger partial charge on any atom is -0.344 e. The maximum Gasteiger partial charge on any atom is 0.227 e. The Labute approximate surface area is 131 Å². The third-order valence-corrected chi connectivity index (χ3v) is 3.34. The number of para-hydroxylation sites is 1. The largest absolute Gasteiger partial charge is 0.344 e. The first kappa shape index (κ1) is 15.8. The number of hydrogen-bond acceptors (Lipinski definition) is 5. The summed E-state index contributed by atoms with van der Waals surface area (Å²) in [7, 11) is 2.00. The van der Waals surface area contributed by atoms with Crippen LogP contribution in [0.2, 0.25) is 0 Å². The molecule has 0 saturated heterocycles. The summed E-state index contributed by atoms with van der Waals surface area (Å²) in [5.41, 5.74) is 2.25. The molecule has 2 aromatic rings. The van der Waals surface area contributed by atoms with E-state index in [1.165, 1.54) is 0 Å². The second kappa shape index (κ2) is 7.41. The summed E-state index contributed by atoms with van der Waals surface area (Å²) in [6.45, 7) is 5.03. The summed E-state index contributed by atoms with van der Waals surface area (Å²) < 4.78 is 0. The van der Waals surface area contributed by atoms with Gasteiger partial charge in [0.05, 0.1) is 11.3 Å². The van der Waals surface area contributed by atoms with Crippen LogP contribution in [0, 0.1) is 18.3 Å². The second-order valence-corrected chi connectivity index (χ2v) is 5.25. The van der Waals surface area contributed by atoms with E-state index >= 15 is 0 Å². The molecule has 0 atom stereocenters. The van der Waals surface area contributed by atoms with E-state index in [2.05, 4.69) is 33.2 Å². The number of nitriles is 1. The van der Waals surface area contributed by atoms with E-state index in [1.54, 1.807) is 6.07 Å². The first-order valence-corrected chi connectivity index (χ1v) is 7.47. The minimum atomic E-state index is 0.597. The van der Waals surface area contributed by atoms with Crippen LogP contribution in [0.3, 0.4) is 0 Å². The monoisotopic (exact) mass is 295 g/mol. The molecule has 0 aliphatic rings. The molecule has 0 saturated carbocycles. The van der Waals surface area contributed by atoms with Crippen molar-refractivity contribution in [3.8, 4) is 6.07 Å². The van der Waals surface area contributed by atoms with Crippen LogP contribution >= 0.6 is 0 Å². The zero-order valence-electron chi connectivity index (χ0n) is 13.3. The molecule has 22 heavy (non-hydrogen) atoms. The standard InChI is InChI=1S/C17H21N5/c1-4-5-10-22(3)17-19-13(2)11-16(21-17)20-15-9-7-6-8-14(15)12-18/h6-9,11H,4-5,10H2,1-3H3,(H,19,20,21). The van der Waals surface area contributed by atoms with Gasteiger partial charge in [0, 0.05) is 25.4 Å². The number of aromatic nitrogens is 2. The zero-order chi connectivity index (χ0) is 15.9. The van der Waals surface area contributed by atoms with Gasteiger partial charge < -0.3 is 10.2 Å². The molecule has 0 spiro atoms. The van der Waals surface area contributed by atoms with Crippen LogP contribution in [0.1, 0.15) is 31.0 Å². The van der Waals surface area contributed by atoms with E-state index in [-0.39, 0.29) is 0 Å². The Morgan fingerprint density at radius 1 is 1.27 bits per heavy atom. The summed E-state index contributed by atoms with van der Waals surface area (Å²) in [5.74, 6) is 1.40. The molecular weight excluding hydrogens is 274 g/mol. The van der Waals surface area contributed by atoms with E-state index in [4.69, 9.17) is 5.26 Å². The molecule has 0 aliphatic heterocycles. The van der Waals surface area contributed by atoms with Crippen LogP contribution in [0.15, 0.2) is 30.3 Å². The van der Waals surface area contributed by atoms with Gasteiger partial charge in [-0.1, -0.05) is 25.5 Å². The fourth-order valence-electron chi connectivity index (χ4n) is 2.11. The number of aryl methyl sites for hydroxylation is 1. The van der Waals surface area contributed by atoms with Gasteiger partial charge >= 0.3 is 0 Å². The third-order valence-electron chi connectivity index (χ3n) is 3.34. The number of hydrogen-bond donors (Lipinski definition) is 1. The normalized spacial score (nSPS) is 10.1. The molecule has 0 radical (unpaired) electrons. The Balaban J connectivity index is 2.25. The smallest absolute Gasteiger partial charge is 0.227 e. The fourth-order valence-corrected chi connectivity index (χ4v) is 2.11. The zero-order valence-corrected chi connectivity index (χ0v) is 13.3. The van der Waals surface area contributed by atoms with Gasteiger partial charge in [-0.15, -0.1) is 0 Å². The predicted octanol–water partition coefficient (Wildman–Crippen LogP) is 3.64. The molecule has 0 unspecified atom stereocenters. The molecule has 0 bridgehead atoms. The summed E-state index contributed by atoms with van der Waals surface area (Å²) in [5, 5.41) is 12.4. The quantitative estimate of drug-likeness (QED) is 0.881. The molecule has 114 valence electrons. The molecule has 5 nitrogen and oxygen atoms in total. The molecule has 0 fully saturated rings. The summed E-state index contributed by atoms with van der Waals surface area (Å²) in [4.78, 5) is 11.1. The van der Waals surface area contributed by atoms with Crippen LogP contribution in [-0.4, -0.2) is 23.6 Å². The highest BCUT2D eigenvalue weighted by Crippen LogP contribution is 2.21. The summed E-state index contributed by atoms with van der Waals surface area (Å²) in [6, 6.07) is 11.5. The number of nitrogens with zero attached hydrogens (tertiary/aromatic N) is 4. The molecule has 1 aromatic carbocycles. The van der Waals surface area contributed by atoms with Crippen LogP contribution in [0.5, 0.6) is 0 Å². The lowest BCUT2D eigenvalue weighted by Gasteiger charge is -2.18. The van der Waals surface area contributed by atoms with Crippen molar-refractivity contribution >= 4 is 17.5 Å². The molecule has 0 aliphatic carbocycles. The SMILES string of the molecule is CCCCN(C)c1nc(C)cc(Nc2ccccc2C#N)n1. The van der Waals surface area contributed by atoms with Gasteiger partial charge in [0.1, 0.15) is 11.9 Å². The van der Waals surface area contributed by atoms with E-state index in [9.17, 15) is 0 Å². The maximum absolute atomic E-state index is 9.16. The molecule has 1 heterocycles. The van der Waals surface area contributed by atoms with Crippen molar-refractivity contribution in [1.82, 2.24) is 9.97 Å². The topological polar surface area (TPSA) is 64.8 Å². The van der Waals surface area contributed by atoms with Gasteiger partial charge in [-0.25, -0.2) is 4.98 Å². The maximum atomic E-state index is 9.16. The molecule has 5 heteroatoms. The molecular formula is C17H21N5. The molecule has 2 rings (SSSR count). The van der Waals surface area contributed by atoms with E-state index in [0.717, 1.165) is 30.8 Å². The Bertz CT molecular complexity index is 675. The van der Waals surface area contributed by atoms with Crippen LogP contribution < -0.4 is 10.2 Å². The lowest BCUT2D eigenvalue weighted by molar-refractivity contribution is 0.749. The van der Waals surface area contributed by atoms with Crippen molar-refractivity contribution in [3.63, 3.8) is 0 Å². The predicted molar refractivity (Wildman–Crippen MR) is 89.4 cm³/mol. The lowest BCUT2D eigenvalue weighted by Crippen LogP contribution is -2.21. The number of anilines is 3. The van der Waals surface area contributed by atoms with Gasteiger partial charge in [0.25, 0.3) is 0 Å². The highest BCUT2D eigenvalue weighted by atomic mass is 15.2. The van der Waals surface area contributed by atoms with Gasteiger partial charge in [0.15, 0.2) is 0 Å². The van der Waals surface area contributed by atoms with Gasteiger partial charge in [0.2, 0.25) is 5.95 Å². The highest BCUT2D eigenvalue weighted by Gasteiger charge is 2.08. The van der Waals surface area contributed by atoms with Crippen molar-refractivity contribution in [2.75, 3.05) is 23.8 Å². The van der Waals surface area contributed by atoms with E-state index in [0.29, 0.717) is 17.3 Å². The molecule has 0 amide bonds. The van der Waals surface area contributed by atoms with Gasteiger partial charge in [-0.05, 0) is 25.5 Å². The van der Waals surface area contributed by atoms with Crippen LogP contribution in [-0.2, 0) is 0 Å². The first-order chi connectivity index (χ1) is 10.6.